The molecule has 0 bridgehead atoms. The van der Waals surface area contributed by atoms with E-state index in [1.807, 2.05) is 29.2 Å². The molecule has 1 aliphatic heterocycles. The molecule has 1 aromatic heterocycles. The summed E-state index contributed by atoms with van der Waals surface area (Å²) in [5.41, 5.74) is 1.05. The van der Waals surface area contributed by atoms with Crippen LogP contribution in [0.4, 0.5) is 0 Å². The molecule has 0 saturated carbocycles. The summed E-state index contributed by atoms with van der Waals surface area (Å²) in [6.45, 7) is 0.686. The summed E-state index contributed by atoms with van der Waals surface area (Å²) in [6.07, 6.45) is 5.13. The Morgan fingerprint density at radius 3 is 2.68 bits per heavy atom. The van der Waals surface area contributed by atoms with Crippen LogP contribution in [0.15, 0.2) is 30.3 Å². The summed E-state index contributed by atoms with van der Waals surface area (Å²) >= 11 is 13.6. The predicted octanol–water partition coefficient (Wildman–Crippen LogP) is 5.40. The largest absolute Gasteiger partial charge is 0.465 e. The number of methoxy groups -OCH3 is 1. The molecule has 2 heterocycles. The predicted molar refractivity (Wildman–Crippen MR) is 113 cm³/mol. The normalized spacial score (nSPS) is 16.6. The second-order valence-corrected chi connectivity index (χ2v) is 9.00. The first kappa shape index (κ1) is 21.2. The number of rotatable bonds is 8. The number of likely N-dealkylation sites (tertiary alicyclic amines) is 1. The minimum atomic E-state index is -0.287. The van der Waals surface area contributed by atoms with Crippen LogP contribution in [-0.2, 0) is 22.4 Å². The van der Waals surface area contributed by atoms with Gasteiger partial charge in [0, 0.05) is 33.9 Å². The number of hydrogen-bond acceptors (Lipinski definition) is 4. The molecule has 0 spiro atoms. The van der Waals surface area contributed by atoms with Crippen LogP contribution in [0.5, 0.6) is 0 Å². The smallest absolute Gasteiger partial charge is 0.348 e. The molecule has 28 heavy (non-hydrogen) atoms. The zero-order chi connectivity index (χ0) is 20.1. The van der Waals surface area contributed by atoms with Crippen molar-refractivity contribution in [3.05, 3.63) is 55.7 Å². The Morgan fingerprint density at radius 1 is 1.21 bits per heavy atom. The van der Waals surface area contributed by atoms with Gasteiger partial charge < -0.3 is 9.64 Å². The van der Waals surface area contributed by atoms with E-state index in [4.69, 9.17) is 27.9 Å². The highest BCUT2D eigenvalue weighted by atomic mass is 35.5. The van der Waals surface area contributed by atoms with Crippen molar-refractivity contribution in [2.75, 3.05) is 13.7 Å². The highest BCUT2D eigenvalue weighted by Crippen LogP contribution is 2.26. The van der Waals surface area contributed by atoms with Crippen LogP contribution >= 0.6 is 34.5 Å². The van der Waals surface area contributed by atoms with Crippen molar-refractivity contribution in [3.63, 3.8) is 0 Å². The highest BCUT2D eigenvalue weighted by molar-refractivity contribution is 7.13. The average Bonchev–Trinajstić information content (AvgIpc) is 3.26. The van der Waals surface area contributed by atoms with Gasteiger partial charge in [0.15, 0.2) is 0 Å². The Labute approximate surface area is 179 Å². The minimum Gasteiger partial charge on any atom is -0.465 e. The third-order valence-electron chi connectivity index (χ3n) is 5.03. The number of halogens is 2. The SMILES string of the molecule is COC(=O)c1ccc(CCC[C@H]2CCC(=O)N2CCc2cc(Cl)cc(Cl)c2)s1. The van der Waals surface area contributed by atoms with Gasteiger partial charge in [-0.15, -0.1) is 11.3 Å². The molecular formula is C21H23Cl2NO3S. The number of nitrogens with zero attached hydrogens (tertiary/aromatic N) is 1. The molecule has 7 heteroatoms. The third kappa shape index (κ3) is 5.49. The third-order valence-corrected chi connectivity index (χ3v) is 6.59. The number of esters is 1. The fourth-order valence-corrected chi connectivity index (χ4v) is 5.18. The quantitative estimate of drug-likeness (QED) is 0.517. The first-order valence-electron chi connectivity index (χ1n) is 9.37. The number of ether oxygens (including phenoxy) is 1. The molecular weight excluding hydrogens is 417 g/mol. The Hall–Kier alpha value is -1.56. The van der Waals surface area contributed by atoms with E-state index >= 15 is 0 Å². The summed E-state index contributed by atoms with van der Waals surface area (Å²) < 4.78 is 4.75. The number of amides is 1. The van der Waals surface area contributed by atoms with Crippen LogP contribution in [0.3, 0.4) is 0 Å². The van der Waals surface area contributed by atoms with E-state index < -0.39 is 0 Å². The van der Waals surface area contributed by atoms with Gasteiger partial charge in [0.1, 0.15) is 4.88 Å². The lowest BCUT2D eigenvalue weighted by atomic mass is 10.1. The first-order chi connectivity index (χ1) is 13.5. The number of benzene rings is 1. The van der Waals surface area contributed by atoms with Gasteiger partial charge in [0.2, 0.25) is 5.91 Å². The van der Waals surface area contributed by atoms with Gasteiger partial charge in [-0.25, -0.2) is 4.79 Å². The lowest BCUT2D eigenvalue weighted by Crippen LogP contribution is -2.34. The van der Waals surface area contributed by atoms with E-state index in [2.05, 4.69) is 0 Å². The lowest BCUT2D eigenvalue weighted by molar-refractivity contribution is -0.129. The molecule has 150 valence electrons. The topological polar surface area (TPSA) is 46.6 Å². The molecule has 1 fully saturated rings. The van der Waals surface area contributed by atoms with Gasteiger partial charge in [0.25, 0.3) is 0 Å². The van der Waals surface area contributed by atoms with Crippen molar-refractivity contribution in [1.29, 1.82) is 0 Å². The van der Waals surface area contributed by atoms with E-state index in [9.17, 15) is 9.59 Å². The van der Waals surface area contributed by atoms with Crippen molar-refractivity contribution in [2.24, 2.45) is 0 Å². The van der Waals surface area contributed by atoms with Gasteiger partial charge in [-0.3, -0.25) is 4.79 Å². The van der Waals surface area contributed by atoms with Gasteiger partial charge in [-0.2, -0.15) is 0 Å². The number of thiophene rings is 1. The summed E-state index contributed by atoms with van der Waals surface area (Å²) in [5, 5.41) is 1.24. The summed E-state index contributed by atoms with van der Waals surface area (Å²) in [6, 6.07) is 9.59. The van der Waals surface area contributed by atoms with Crippen LogP contribution in [0.2, 0.25) is 10.0 Å². The molecule has 1 saturated heterocycles. The summed E-state index contributed by atoms with van der Waals surface area (Å²) in [7, 11) is 1.39. The Kier molecular flexibility index (Phi) is 7.38. The van der Waals surface area contributed by atoms with Crippen LogP contribution in [0.25, 0.3) is 0 Å². The second-order valence-electron chi connectivity index (χ2n) is 6.96. The maximum atomic E-state index is 12.3. The average molecular weight is 440 g/mol. The first-order valence-corrected chi connectivity index (χ1v) is 10.9. The standard InChI is InChI=1S/C21H23Cl2NO3S/c1-27-21(26)19-7-6-18(28-19)4-2-3-17-5-8-20(25)24(17)10-9-14-11-15(22)13-16(23)12-14/h6-7,11-13,17H,2-5,8-10H2,1H3/t17-/m0/s1. The molecule has 0 N–H and O–H groups in total. The van der Waals surface area contributed by atoms with Gasteiger partial charge in [-0.05, 0) is 68.0 Å². The molecule has 1 aliphatic rings. The summed E-state index contributed by atoms with van der Waals surface area (Å²) in [4.78, 5) is 27.7. The maximum Gasteiger partial charge on any atom is 0.348 e. The number of hydrogen-bond donors (Lipinski definition) is 0. The zero-order valence-electron chi connectivity index (χ0n) is 15.7. The molecule has 0 aliphatic carbocycles. The number of aryl methyl sites for hydroxylation is 1. The molecule has 3 rings (SSSR count). The van der Waals surface area contributed by atoms with Crippen molar-refractivity contribution in [2.45, 2.75) is 44.6 Å². The molecule has 1 amide bonds. The van der Waals surface area contributed by atoms with Crippen LogP contribution in [0.1, 0.15) is 45.8 Å². The van der Waals surface area contributed by atoms with Crippen molar-refractivity contribution in [1.82, 2.24) is 4.90 Å². The van der Waals surface area contributed by atoms with Crippen LogP contribution < -0.4 is 0 Å². The number of carbonyl (C=O) groups is 2. The highest BCUT2D eigenvalue weighted by Gasteiger charge is 2.30. The Bertz CT molecular complexity index is 832. The number of carbonyl (C=O) groups excluding carboxylic acids is 2. The van der Waals surface area contributed by atoms with E-state index in [0.29, 0.717) is 27.9 Å². The monoisotopic (exact) mass is 439 g/mol. The van der Waals surface area contributed by atoms with E-state index in [-0.39, 0.29) is 17.9 Å². The second kappa shape index (κ2) is 9.77. The fraction of sp³-hybridized carbons (Fsp3) is 0.429. The molecule has 0 radical (unpaired) electrons. The molecule has 1 atom stereocenters. The van der Waals surface area contributed by atoms with Gasteiger partial charge >= 0.3 is 5.97 Å². The van der Waals surface area contributed by atoms with Gasteiger partial charge in [-0.1, -0.05) is 23.2 Å². The molecule has 0 unspecified atom stereocenters. The fourth-order valence-electron chi connectivity index (χ4n) is 3.64. The lowest BCUT2D eigenvalue weighted by Gasteiger charge is -2.25. The van der Waals surface area contributed by atoms with E-state index in [1.165, 1.54) is 23.3 Å². The molecule has 2 aromatic rings. The van der Waals surface area contributed by atoms with Crippen LogP contribution in [-0.4, -0.2) is 36.5 Å². The van der Waals surface area contributed by atoms with Crippen molar-refractivity contribution < 1.29 is 14.3 Å². The van der Waals surface area contributed by atoms with Crippen molar-refractivity contribution >= 4 is 46.4 Å². The maximum absolute atomic E-state index is 12.3. The van der Waals surface area contributed by atoms with Gasteiger partial charge in [0.05, 0.1) is 7.11 Å². The Morgan fingerprint density at radius 2 is 1.96 bits per heavy atom. The van der Waals surface area contributed by atoms with Crippen LogP contribution in [0, 0.1) is 0 Å². The zero-order valence-corrected chi connectivity index (χ0v) is 18.1. The molecule has 1 aromatic carbocycles. The minimum absolute atomic E-state index is 0.224. The molecule has 4 nitrogen and oxygen atoms in total. The van der Waals surface area contributed by atoms with E-state index in [1.54, 1.807) is 6.07 Å². The van der Waals surface area contributed by atoms with E-state index in [0.717, 1.165) is 37.7 Å². The summed E-state index contributed by atoms with van der Waals surface area (Å²) in [5.74, 6) is -0.0628. The Balaban J connectivity index is 1.51. The van der Waals surface area contributed by atoms with Crippen molar-refractivity contribution in [3.8, 4) is 0 Å².